The van der Waals surface area contributed by atoms with Crippen LogP contribution in [0.25, 0.3) is 11.0 Å². The zero-order chi connectivity index (χ0) is 21.1. The van der Waals surface area contributed by atoms with Crippen molar-refractivity contribution in [3.05, 3.63) is 74.1 Å². The van der Waals surface area contributed by atoms with E-state index in [1.165, 1.54) is 18.7 Å². The maximum absolute atomic E-state index is 13.1. The van der Waals surface area contributed by atoms with Gasteiger partial charge in [0.25, 0.3) is 11.5 Å². The smallest absolute Gasteiger partial charge is 0.332 e. The summed E-state index contributed by atoms with van der Waals surface area (Å²) >= 11 is 0. The van der Waals surface area contributed by atoms with E-state index >= 15 is 0 Å². The van der Waals surface area contributed by atoms with Crippen LogP contribution in [0.15, 0.2) is 46.0 Å². The van der Waals surface area contributed by atoms with Crippen molar-refractivity contribution in [2.24, 2.45) is 19.8 Å². The SMILES string of the molecule is Cc1cc(C(=O)N(CCN)CCc2ccccc2)nc2c1c(=O)n(C)c(=O)n2C.Cl.Cl. The van der Waals surface area contributed by atoms with E-state index in [2.05, 4.69) is 4.98 Å². The van der Waals surface area contributed by atoms with Crippen molar-refractivity contribution in [2.75, 3.05) is 19.6 Å². The number of carbonyl (C=O) groups excluding carboxylic acids is 1. The Kier molecular flexibility index (Phi) is 9.42. The number of nitrogens with two attached hydrogens (primary N) is 1. The number of benzene rings is 1. The van der Waals surface area contributed by atoms with E-state index in [0.717, 1.165) is 10.1 Å². The lowest BCUT2D eigenvalue weighted by molar-refractivity contribution is 0.0756. The van der Waals surface area contributed by atoms with Crippen molar-refractivity contribution in [3.63, 3.8) is 0 Å². The van der Waals surface area contributed by atoms with Crippen LogP contribution < -0.4 is 17.0 Å². The summed E-state index contributed by atoms with van der Waals surface area (Å²) in [7, 11) is 2.97. The number of aryl methyl sites for hydroxylation is 2. The van der Waals surface area contributed by atoms with Gasteiger partial charge in [-0.2, -0.15) is 0 Å². The third-order valence-electron chi connectivity index (χ3n) is 5.03. The lowest BCUT2D eigenvalue weighted by Gasteiger charge is -2.22. The molecule has 0 saturated carbocycles. The Hall–Kier alpha value is -2.68. The number of fused-ring (bicyclic) bond motifs is 1. The molecule has 31 heavy (non-hydrogen) atoms. The molecular formula is C21H27Cl2N5O3. The zero-order valence-electron chi connectivity index (χ0n) is 17.7. The predicted octanol–water partition coefficient (Wildman–Crippen LogP) is 1.43. The van der Waals surface area contributed by atoms with Crippen LogP contribution in [-0.4, -0.2) is 44.6 Å². The van der Waals surface area contributed by atoms with E-state index < -0.39 is 11.2 Å². The normalized spacial score (nSPS) is 10.3. The quantitative estimate of drug-likeness (QED) is 0.590. The van der Waals surface area contributed by atoms with Crippen molar-refractivity contribution in [2.45, 2.75) is 13.3 Å². The molecule has 0 saturated heterocycles. The second kappa shape index (κ2) is 11.1. The van der Waals surface area contributed by atoms with Crippen molar-refractivity contribution in [1.29, 1.82) is 0 Å². The van der Waals surface area contributed by atoms with Gasteiger partial charge < -0.3 is 10.6 Å². The monoisotopic (exact) mass is 467 g/mol. The van der Waals surface area contributed by atoms with Crippen LogP contribution in [0.5, 0.6) is 0 Å². The average Bonchev–Trinajstić information content (AvgIpc) is 2.73. The Morgan fingerprint density at radius 2 is 1.71 bits per heavy atom. The molecule has 3 aromatic rings. The van der Waals surface area contributed by atoms with Crippen LogP contribution in [-0.2, 0) is 20.5 Å². The molecule has 0 radical (unpaired) electrons. The summed E-state index contributed by atoms with van der Waals surface area (Å²) in [5.74, 6) is -0.274. The molecule has 0 aliphatic rings. The van der Waals surface area contributed by atoms with E-state index in [9.17, 15) is 14.4 Å². The fourth-order valence-corrected chi connectivity index (χ4v) is 3.38. The van der Waals surface area contributed by atoms with Crippen LogP contribution in [0.4, 0.5) is 0 Å². The van der Waals surface area contributed by atoms with E-state index in [4.69, 9.17) is 5.73 Å². The first-order valence-corrected chi connectivity index (χ1v) is 9.45. The highest BCUT2D eigenvalue weighted by molar-refractivity contribution is 5.95. The number of aromatic nitrogens is 3. The third-order valence-corrected chi connectivity index (χ3v) is 5.03. The van der Waals surface area contributed by atoms with Crippen molar-refractivity contribution < 1.29 is 4.79 Å². The number of nitrogens with zero attached hydrogens (tertiary/aromatic N) is 4. The molecule has 168 valence electrons. The van der Waals surface area contributed by atoms with Gasteiger partial charge in [0.2, 0.25) is 0 Å². The van der Waals surface area contributed by atoms with Gasteiger partial charge in [0.15, 0.2) is 0 Å². The summed E-state index contributed by atoms with van der Waals surface area (Å²) in [5.41, 5.74) is 6.93. The van der Waals surface area contributed by atoms with E-state index in [0.29, 0.717) is 37.0 Å². The van der Waals surface area contributed by atoms with Crippen LogP contribution in [0, 0.1) is 6.92 Å². The van der Waals surface area contributed by atoms with Gasteiger partial charge in [-0.3, -0.25) is 18.7 Å². The molecule has 0 aliphatic carbocycles. The molecular weight excluding hydrogens is 441 g/mol. The summed E-state index contributed by atoms with van der Waals surface area (Å²) in [4.78, 5) is 43.9. The second-order valence-corrected chi connectivity index (χ2v) is 7.05. The predicted molar refractivity (Wildman–Crippen MR) is 127 cm³/mol. The van der Waals surface area contributed by atoms with Crippen molar-refractivity contribution in [3.8, 4) is 0 Å². The molecule has 0 bridgehead atoms. The minimum absolute atomic E-state index is 0. The minimum atomic E-state index is -0.484. The molecule has 2 N–H and O–H groups in total. The van der Waals surface area contributed by atoms with Gasteiger partial charge in [-0.1, -0.05) is 30.3 Å². The van der Waals surface area contributed by atoms with E-state index in [1.807, 2.05) is 30.3 Å². The molecule has 0 aliphatic heterocycles. The fraction of sp³-hybridized carbons (Fsp3) is 0.333. The van der Waals surface area contributed by atoms with Crippen LogP contribution in [0.3, 0.4) is 0 Å². The molecule has 2 heterocycles. The molecule has 0 fully saturated rings. The Bertz CT molecular complexity index is 1180. The Balaban J connectivity index is 0.00000240. The molecule has 8 nitrogen and oxygen atoms in total. The molecule has 10 heteroatoms. The summed E-state index contributed by atoms with van der Waals surface area (Å²) in [6.45, 7) is 2.95. The Labute approximate surface area is 192 Å². The van der Waals surface area contributed by atoms with Gasteiger partial charge >= 0.3 is 5.69 Å². The topological polar surface area (TPSA) is 103 Å². The molecule has 1 aromatic carbocycles. The van der Waals surface area contributed by atoms with E-state index in [1.54, 1.807) is 17.9 Å². The van der Waals surface area contributed by atoms with Gasteiger partial charge in [-0.25, -0.2) is 9.78 Å². The molecule has 3 rings (SSSR count). The number of hydrogen-bond acceptors (Lipinski definition) is 5. The van der Waals surface area contributed by atoms with Crippen LogP contribution in [0.1, 0.15) is 21.6 Å². The molecule has 0 unspecified atom stereocenters. The first-order chi connectivity index (χ1) is 13.8. The fourth-order valence-electron chi connectivity index (χ4n) is 3.38. The number of hydrogen-bond donors (Lipinski definition) is 1. The average molecular weight is 468 g/mol. The van der Waals surface area contributed by atoms with Gasteiger partial charge in [-0.05, 0) is 30.5 Å². The van der Waals surface area contributed by atoms with E-state index in [-0.39, 0.29) is 42.1 Å². The minimum Gasteiger partial charge on any atom is -0.336 e. The number of carbonyl (C=O) groups is 1. The van der Waals surface area contributed by atoms with Gasteiger partial charge in [0.1, 0.15) is 11.3 Å². The lowest BCUT2D eigenvalue weighted by Crippen LogP contribution is -2.39. The van der Waals surface area contributed by atoms with Crippen LogP contribution >= 0.6 is 24.8 Å². The number of halogens is 2. The molecule has 0 spiro atoms. The zero-order valence-corrected chi connectivity index (χ0v) is 19.3. The largest absolute Gasteiger partial charge is 0.336 e. The first-order valence-electron chi connectivity index (χ1n) is 9.45. The maximum Gasteiger partial charge on any atom is 0.332 e. The van der Waals surface area contributed by atoms with Gasteiger partial charge in [0, 0.05) is 33.7 Å². The summed E-state index contributed by atoms with van der Waals surface area (Å²) < 4.78 is 2.33. The highest BCUT2D eigenvalue weighted by Gasteiger charge is 2.20. The first kappa shape index (κ1) is 26.4. The number of rotatable bonds is 6. The highest BCUT2D eigenvalue weighted by atomic mass is 35.5. The number of amides is 1. The second-order valence-electron chi connectivity index (χ2n) is 7.05. The van der Waals surface area contributed by atoms with Crippen LogP contribution in [0.2, 0.25) is 0 Å². The van der Waals surface area contributed by atoms with Gasteiger partial charge in [0.05, 0.1) is 5.39 Å². The standard InChI is InChI=1S/C21H25N5O3.2ClH/c1-14-13-16(23-18-17(14)20(28)25(3)21(29)24(18)2)19(27)26(12-10-22)11-9-15-7-5-4-6-8-15;;/h4-8,13H,9-12,22H2,1-3H3;2*1H. The van der Waals surface area contributed by atoms with Crippen molar-refractivity contribution >= 4 is 41.8 Å². The maximum atomic E-state index is 13.1. The highest BCUT2D eigenvalue weighted by Crippen LogP contribution is 2.14. The molecule has 2 aromatic heterocycles. The molecule has 1 amide bonds. The Morgan fingerprint density at radius 1 is 1.06 bits per heavy atom. The molecule has 0 atom stereocenters. The lowest BCUT2D eigenvalue weighted by atomic mass is 10.1. The van der Waals surface area contributed by atoms with Crippen molar-refractivity contribution in [1.82, 2.24) is 19.0 Å². The summed E-state index contributed by atoms with van der Waals surface area (Å²) in [6.07, 6.45) is 0.693. The summed E-state index contributed by atoms with van der Waals surface area (Å²) in [5, 5.41) is 0.334. The number of pyridine rings is 1. The summed E-state index contributed by atoms with van der Waals surface area (Å²) in [6, 6.07) is 11.5. The Morgan fingerprint density at radius 3 is 2.32 bits per heavy atom. The van der Waals surface area contributed by atoms with Gasteiger partial charge in [-0.15, -0.1) is 24.8 Å². The third kappa shape index (κ3) is 5.33.